The Labute approximate surface area is 150 Å². The van der Waals surface area contributed by atoms with Gasteiger partial charge in [-0.05, 0) is 47.2 Å². The summed E-state index contributed by atoms with van der Waals surface area (Å²) in [7, 11) is 0. The number of nitrogens with zero attached hydrogens (tertiary/aromatic N) is 5. The summed E-state index contributed by atoms with van der Waals surface area (Å²) in [6.45, 7) is 2.59. The number of nitriles is 1. The fraction of sp³-hybridized carbons (Fsp3) is 0.222. The lowest BCUT2D eigenvalue weighted by molar-refractivity contribution is 0.343. The van der Waals surface area contributed by atoms with Crippen molar-refractivity contribution >= 4 is 11.8 Å². The highest BCUT2D eigenvalue weighted by Crippen LogP contribution is 2.19. The Kier molecular flexibility index (Phi) is 5.65. The molecule has 0 atom stereocenters. The average Bonchev–Trinajstić information content (AvgIpc) is 3.09. The first-order valence-electron chi connectivity index (χ1n) is 7.83. The molecule has 7 heteroatoms. The van der Waals surface area contributed by atoms with Gasteiger partial charge in [-0.25, -0.2) is 0 Å². The highest BCUT2D eigenvalue weighted by molar-refractivity contribution is 7.99. The molecular weight excluding hydrogens is 334 g/mol. The number of aromatic nitrogens is 4. The maximum Gasteiger partial charge on any atom is 0.214 e. The Morgan fingerprint density at radius 2 is 1.88 bits per heavy atom. The van der Waals surface area contributed by atoms with Gasteiger partial charge in [0.25, 0.3) is 0 Å². The van der Waals surface area contributed by atoms with E-state index >= 15 is 0 Å². The zero-order chi connectivity index (χ0) is 17.5. The second kappa shape index (κ2) is 8.31. The SMILES string of the molecule is Cc1ccc(-n2nnnc2SCCOc2ccc(CC#N)cc2)cc1. The summed E-state index contributed by atoms with van der Waals surface area (Å²) in [6.07, 6.45) is 0.414. The van der Waals surface area contributed by atoms with Crippen molar-refractivity contribution in [2.24, 2.45) is 0 Å². The predicted octanol–water partition coefficient (Wildman–Crippen LogP) is 3.21. The molecule has 1 aromatic heterocycles. The summed E-state index contributed by atoms with van der Waals surface area (Å²) in [6, 6.07) is 17.8. The number of benzene rings is 2. The van der Waals surface area contributed by atoms with E-state index in [9.17, 15) is 0 Å². The molecule has 0 saturated carbocycles. The third-order valence-corrected chi connectivity index (χ3v) is 4.39. The van der Waals surface area contributed by atoms with Crippen LogP contribution in [0.25, 0.3) is 5.69 Å². The van der Waals surface area contributed by atoms with Gasteiger partial charge < -0.3 is 4.74 Å². The topological polar surface area (TPSA) is 76.6 Å². The minimum absolute atomic E-state index is 0.414. The van der Waals surface area contributed by atoms with Gasteiger partial charge in [0, 0.05) is 5.75 Å². The molecule has 0 aliphatic heterocycles. The maximum atomic E-state index is 8.67. The average molecular weight is 351 g/mol. The standard InChI is InChI=1S/C18H17N5OS/c1-14-2-6-16(7-3-14)23-18(20-21-22-23)25-13-12-24-17-8-4-15(5-9-17)10-11-19/h2-9H,10,12-13H2,1H3. The van der Waals surface area contributed by atoms with Crippen molar-refractivity contribution in [3.63, 3.8) is 0 Å². The van der Waals surface area contributed by atoms with Crippen LogP contribution >= 0.6 is 11.8 Å². The smallest absolute Gasteiger partial charge is 0.214 e. The second-order valence-electron chi connectivity index (χ2n) is 5.38. The molecule has 0 amide bonds. The van der Waals surface area contributed by atoms with E-state index in [4.69, 9.17) is 10.00 Å². The minimum Gasteiger partial charge on any atom is -0.493 e. The maximum absolute atomic E-state index is 8.67. The molecule has 0 N–H and O–H groups in total. The molecule has 0 aliphatic carbocycles. The van der Waals surface area contributed by atoms with E-state index in [1.807, 2.05) is 55.5 Å². The van der Waals surface area contributed by atoms with E-state index < -0.39 is 0 Å². The fourth-order valence-corrected chi connectivity index (χ4v) is 2.91. The summed E-state index contributed by atoms with van der Waals surface area (Å²) in [5.41, 5.74) is 3.12. The lowest BCUT2D eigenvalue weighted by Gasteiger charge is -2.07. The lowest BCUT2D eigenvalue weighted by atomic mass is 10.2. The van der Waals surface area contributed by atoms with Gasteiger partial charge in [0.2, 0.25) is 5.16 Å². The monoisotopic (exact) mass is 351 g/mol. The van der Waals surface area contributed by atoms with E-state index in [0.717, 1.165) is 27.9 Å². The first-order chi connectivity index (χ1) is 12.3. The van der Waals surface area contributed by atoms with Gasteiger partial charge >= 0.3 is 0 Å². The van der Waals surface area contributed by atoms with Crippen molar-refractivity contribution in [3.8, 4) is 17.5 Å². The summed E-state index contributed by atoms with van der Waals surface area (Å²) in [4.78, 5) is 0. The molecule has 0 spiro atoms. The van der Waals surface area contributed by atoms with Gasteiger partial charge in [0.15, 0.2) is 0 Å². The number of rotatable bonds is 7. The van der Waals surface area contributed by atoms with E-state index in [0.29, 0.717) is 13.0 Å². The van der Waals surface area contributed by atoms with Crippen LogP contribution in [0.1, 0.15) is 11.1 Å². The van der Waals surface area contributed by atoms with Crippen molar-refractivity contribution in [1.29, 1.82) is 5.26 Å². The molecular formula is C18H17N5OS. The quantitative estimate of drug-likeness (QED) is 0.480. The van der Waals surface area contributed by atoms with Crippen LogP contribution in [-0.4, -0.2) is 32.6 Å². The molecule has 0 saturated heterocycles. The third-order valence-electron chi connectivity index (χ3n) is 3.51. The molecule has 0 aliphatic rings. The van der Waals surface area contributed by atoms with Crippen LogP contribution in [0.15, 0.2) is 53.7 Å². The summed E-state index contributed by atoms with van der Waals surface area (Å²) < 4.78 is 7.44. The Morgan fingerprint density at radius 3 is 2.60 bits per heavy atom. The molecule has 2 aromatic carbocycles. The summed E-state index contributed by atoms with van der Waals surface area (Å²) in [5, 5.41) is 21.3. The van der Waals surface area contributed by atoms with Crippen LogP contribution in [-0.2, 0) is 6.42 Å². The Balaban J connectivity index is 1.52. The van der Waals surface area contributed by atoms with E-state index in [1.54, 1.807) is 16.4 Å². The van der Waals surface area contributed by atoms with Crippen LogP contribution in [0, 0.1) is 18.3 Å². The molecule has 1 heterocycles. The molecule has 0 unspecified atom stereocenters. The molecule has 25 heavy (non-hydrogen) atoms. The van der Waals surface area contributed by atoms with Gasteiger partial charge in [-0.2, -0.15) is 9.94 Å². The van der Waals surface area contributed by atoms with Gasteiger partial charge in [-0.3, -0.25) is 0 Å². The number of aryl methyl sites for hydroxylation is 1. The highest BCUT2D eigenvalue weighted by atomic mass is 32.2. The van der Waals surface area contributed by atoms with Crippen LogP contribution < -0.4 is 4.74 Å². The molecule has 6 nitrogen and oxygen atoms in total. The first kappa shape index (κ1) is 17.0. The van der Waals surface area contributed by atoms with E-state index in [2.05, 4.69) is 21.6 Å². The Morgan fingerprint density at radius 1 is 1.12 bits per heavy atom. The van der Waals surface area contributed by atoms with Gasteiger partial charge in [-0.1, -0.05) is 41.6 Å². The number of tetrazole rings is 1. The lowest BCUT2D eigenvalue weighted by Crippen LogP contribution is -2.03. The predicted molar refractivity (Wildman–Crippen MR) is 95.9 cm³/mol. The van der Waals surface area contributed by atoms with Crippen LogP contribution in [0.5, 0.6) is 5.75 Å². The van der Waals surface area contributed by atoms with Crippen molar-refractivity contribution < 1.29 is 4.74 Å². The normalized spacial score (nSPS) is 10.4. The summed E-state index contributed by atoms with van der Waals surface area (Å²) in [5.74, 6) is 1.52. The van der Waals surface area contributed by atoms with Crippen LogP contribution in [0.4, 0.5) is 0 Å². The minimum atomic E-state index is 0.414. The Bertz CT molecular complexity index is 852. The number of thioether (sulfide) groups is 1. The van der Waals surface area contributed by atoms with Crippen LogP contribution in [0.2, 0.25) is 0 Å². The van der Waals surface area contributed by atoms with Crippen molar-refractivity contribution in [1.82, 2.24) is 20.2 Å². The zero-order valence-corrected chi connectivity index (χ0v) is 14.6. The third kappa shape index (κ3) is 4.58. The number of ether oxygens (including phenoxy) is 1. The first-order valence-corrected chi connectivity index (χ1v) is 8.82. The van der Waals surface area contributed by atoms with E-state index in [-0.39, 0.29) is 0 Å². The van der Waals surface area contributed by atoms with Crippen molar-refractivity contribution in [3.05, 3.63) is 59.7 Å². The molecule has 3 rings (SSSR count). The highest BCUT2D eigenvalue weighted by Gasteiger charge is 2.08. The fourth-order valence-electron chi connectivity index (χ4n) is 2.20. The number of hydrogen-bond acceptors (Lipinski definition) is 6. The number of hydrogen-bond donors (Lipinski definition) is 0. The molecule has 3 aromatic rings. The van der Waals surface area contributed by atoms with Crippen molar-refractivity contribution in [2.45, 2.75) is 18.5 Å². The molecule has 126 valence electrons. The molecule has 0 radical (unpaired) electrons. The van der Waals surface area contributed by atoms with Gasteiger partial charge in [-0.15, -0.1) is 5.10 Å². The molecule has 0 bridgehead atoms. The molecule has 0 fully saturated rings. The van der Waals surface area contributed by atoms with Gasteiger partial charge in [0.1, 0.15) is 5.75 Å². The van der Waals surface area contributed by atoms with Crippen molar-refractivity contribution in [2.75, 3.05) is 12.4 Å². The second-order valence-corrected chi connectivity index (χ2v) is 6.45. The zero-order valence-electron chi connectivity index (χ0n) is 13.8. The van der Waals surface area contributed by atoms with E-state index in [1.165, 1.54) is 5.56 Å². The largest absolute Gasteiger partial charge is 0.493 e. The Hall–Kier alpha value is -2.85. The van der Waals surface area contributed by atoms with Gasteiger partial charge in [0.05, 0.1) is 24.8 Å². The summed E-state index contributed by atoms with van der Waals surface area (Å²) >= 11 is 1.54. The van der Waals surface area contributed by atoms with Crippen LogP contribution in [0.3, 0.4) is 0 Å².